The van der Waals surface area contributed by atoms with Crippen molar-refractivity contribution in [2.24, 2.45) is 5.92 Å². The number of nitrogens with one attached hydrogen (secondary N) is 1. The van der Waals surface area contributed by atoms with Crippen molar-refractivity contribution in [1.82, 2.24) is 0 Å². The van der Waals surface area contributed by atoms with E-state index in [9.17, 15) is 24.5 Å². The molecule has 40 heavy (non-hydrogen) atoms. The summed E-state index contributed by atoms with van der Waals surface area (Å²) in [6.07, 6.45) is 5.18. The molecule has 1 N–H and O–H groups in total. The number of para-hydroxylation sites is 2. The molecule has 0 aliphatic carbocycles. The Labute approximate surface area is 227 Å². The number of carbonyl (C=O) groups excluding carboxylic acids is 3. The SMILES string of the molecule is O=C(c1ccc([N+](=O)[O-])cc1)[C@@H]1[C@@H](C(=O)c2ccco2)[C@]2(C(=O)Nc3ccccc32)[C@H]2C=Cc3ccccc3N12. The van der Waals surface area contributed by atoms with Crippen LogP contribution >= 0.6 is 0 Å². The molecule has 7 rings (SSSR count). The summed E-state index contributed by atoms with van der Waals surface area (Å²) in [5, 5.41) is 14.2. The summed E-state index contributed by atoms with van der Waals surface area (Å²) in [4.78, 5) is 55.7. The zero-order chi connectivity index (χ0) is 27.6. The fraction of sp³-hybridized carbons (Fsp3) is 0.129. The minimum atomic E-state index is -1.45. The number of rotatable bonds is 5. The summed E-state index contributed by atoms with van der Waals surface area (Å²) in [5.74, 6) is -2.41. The highest BCUT2D eigenvalue weighted by Crippen LogP contribution is 2.58. The number of fused-ring (bicyclic) bond motifs is 6. The van der Waals surface area contributed by atoms with Crippen LogP contribution in [0.5, 0.6) is 0 Å². The molecule has 3 aliphatic heterocycles. The van der Waals surface area contributed by atoms with Gasteiger partial charge in [0.2, 0.25) is 11.7 Å². The molecule has 3 aliphatic rings. The Kier molecular flexibility index (Phi) is 5.11. The Morgan fingerprint density at radius 3 is 2.42 bits per heavy atom. The third kappa shape index (κ3) is 3.11. The van der Waals surface area contributed by atoms with Gasteiger partial charge in [0, 0.05) is 29.1 Å². The molecule has 4 atom stereocenters. The molecule has 196 valence electrons. The van der Waals surface area contributed by atoms with Gasteiger partial charge in [0.1, 0.15) is 11.5 Å². The number of nitro benzene ring substituents is 1. The molecule has 9 nitrogen and oxygen atoms in total. The lowest BCUT2D eigenvalue weighted by Gasteiger charge is -2.37. The van der Waals surface area contributed by atoms with E-state index in [2.05, 4.69) is 5.32 Å². The molecule has 9 heteroatoms. The monoisotopic (exact) mass is 531 g/mol. The predicted molar refractivity (Wildman–Crippen MR) is 146 cm³/mol. The molecule has 0 radical (unpaired) electrons. The molecule has 0 unspecified atom stereocenters. The molecule has 1 spiro atoms. The van der Waals surface area contributed by atoms with Gasteiger partial charge in [-0.15, -0.1) is 0 Å². The number of hydrogen-bond donors (Lipinski definition) is 1. The number of furan rings is 1. The van der Waals surface area contributed by atoms with Crippen LogP contribution in [0.3, 0.4) is 0 Å². The molecule has 1 aromatic heterocycles. The highest BCUT2D eigenvalue weighted by Gasteiger charge is 2.70. The average molecular weight is 532 g/mol. The molecular formula is C31H21N3O6. The van der Waals surface area contributed by atoms with E-state index < -0.39 is 39.9 Å². The van der Waals surface area contributed by atoms with Gasteiger partial charge in [-0.2, -0.15) is 0 Å². The van der Waals surface area contributed by atoms with Crippen molar-refractivity contribution < 1.29 is 23.7 Å². The lowest BCUT2D eigenvalue weighted by atomic mass is 9.64. The first-order chi connectivity index (χ1) is 19.4. The van der Waals surface area contributed by atoms with Gasteiger partial charge in [-0.1, -0.05) is 48.6 Å². The molecular weight excluding hydrogens is 510 g/mol. The third-order valence-corrected chi connectivity index (χ3v) is 8.22. The maximum absolute atomic E-state index is 14.5. The quantitative estimate of drug-likeness (QED) is 0.217. The molecule has 0 bridgehead atoms. The van der Waals surface area contributed by atoms with Gasteiger partial charge in [-0.3, -0.25) is 24.5 Å². The highest BCUT2D eigenvalue weighted by atomic mass is 16.6. The van der Waals surface area contributed by atoms with E-state index in [0.29, 0.717) is 16.9 Å². The largest absolute Gasteiger partial charge is 0.461 e. The van der Waals surface area contributed by atoms with Crippen LogP contribution in [-0.2, 0) is 10.2 Å². The van der Waals surface area contributed by atoms with Gasteiger partial charge >= 0.3 is 0 Å². The summed E-state index contributed by atoms with van der Waals surface area (Å²) < 4.78 is 5.53. The second-order valence-electron chi connectivity index (χ2n) is 10.1. The lowest BCUT2D eigenvalue weighted by molar-refractivity contribution is -0.384. The predicted octanol–water partition coefficient (Wildman–Crippen LogP) is 5.04. The number of amides is 1. The summed E-state index contributed by atoms with van der Waals surface area (Å²) in [6.45, 7) is 0. The third-order valence-electron chi connectivity index (χ3n) is 8.22. The molecule has 0 saturated carbocycles. The minimum Gasteiger partial charge on any atom is -0.461 e. The van der Waals surface area contributed by atoms with E-state index in [1.165, 1.54) is 36.6 Å². The van der Waals surface area contributed by atoms with E-state index in [1.807, 2.05) is 53.5 Å². The fourth-order valence-corrected chi connectivity index (χ4v) is 6.61. The van der Waals surface area contributed by atoms with Crippen LogP contribution in [0.1, 0.15) is 32.0 Å². The Balaban J connectivity index is 1.51. The van der Waals surface area contributed by atoms with Crippen molar-refractivity contribution in [3.05, 3.63) is 130 Å². The van der Waals surface area contributed by atoms with Crippen LogP contribution in [-0.4, -0.2) is 34.5 Å². The second kappa shape index (κ2) is 8.60. The molecule has 1 fully saturated rings. The van der Waals surface area contributed by atoms with Gasteiger partial charge in [-0.25, -0.2) is 0 Å². The Hall–Kier alpha value is -5.31. The smallest absolute Gasteiger partial charge is 0.269 e. The summed E-state index contributed by atoms with van der Waals surface area (Å²) in [5.41, 5.74) is 1.35. The molecule has 3 aromatic carbocycles. The van der Waals surface area contributed by atoms with Crippen molar-refractivity contribution in [2.75, 3.05) is 10.2 Å². The van der Waals surface area contributed by atoms with Crippen LogP contribution in [0.4, 0.5) is 17.1 Å². The van der Waals surface area contributed by atoms with Crippen LogP contribution < -0.4 is 10.2 Å². The van der Waals surface area contributed by atoms with Crippen molar-refractivity contribution >= 4 is 40.6 Å². The average Bonchev–Trinajstić information content (AvgIpc) is 3.69. The summed E-state index contributed by atoms with van der Waals surface area (Å²) in [6, 6.07) is 21.4. The Bertz CT molecular complexity index is 1740. The van der Waals surface area contributed by atoms with Gasteiger partial charge in [0.15, 0.2) is 11.5 Å². The fourth-order valence-electron chi connectivity index (χ4n) is 6.61. The first kappa shape index (κ1) is 23.8. The van der Waals surface area contributed by atoms with E-state index >= 15 is 0 Å². The number of Topliss-reactive ketones (excluding diaryl/α,β-unsaturated/α-hetero) is 2. The van der Waals surface area contributed by atoms with E-state index in [4.69, 9.17) is 4.42 Å². The number of carbonyl (C=O) groups is 3. The van der Waals surface area contributed by atoms with Gasteiger partial charge in [0.25, 0.3) is 5.69 Å². The maximum Gasteiger partial charge on any atom is 0.269 e. The minimum absolute atomic E-state index is 0.0418. The van der Waals surface area contributed by atoms with E-state index in [-0.39, 0.29) is 22.9 Å². The Morgan fingerprint density at radius 2 is 1.68 bits per heavy atom. The molecule has 4 aromatic rings. The maximum atomic E-state index is 14.5. The summed E-state index contributed by atoms with van der Waals surface area (Å²) >= 11 is 0. The number of nitrogens with zero attached hydrogens (tertiary/aromatic N) is 2. The normalized spacial score (nSPS) is 23.9. The first-order valence-electron chi connectivity index (χ1n) is 12.8. The number of hydrogen-bond acceptors (Lipinski definition) is 7. The number of nitro groups is 1. The van der Waals surface area contributed by atoms with Gasteiger partial charge < -0.3 is 14.6 Å². The Morgan fingerprint density at radius 1 is 0.925 bits per heavy atom. The number of ketones is 2. The van der Waals surface area contributed by atoms with E-state index in [0.717, 1.165) is 5.56 Å². The zero-order valence-electron chi connectivity index (χ0n) is 20.9. The van der Waals surface area contributed by atoms with Crippen LogP contribution in [0.2, 0.25) is 0 Å². The highest BCUT2D eigenvalue weighted by molar-refractivity contribution is 6.18. The van der Waals surface area contributed by atoms with E-state index in [1.54, 1.807) is 18.2 Å². The topological polar surface area (TPSA) is 123 Å². The number of benzene rings is 3. The van der Waals surface area contributed by atoms with Crippen molar-refractivity contribution in [3.63, 3.8) is 0 Å². The second-order valence-corrected chi connectivity index (χ2v) is 10.1. The zero-order valence-corrected chi connectivity index (χ0v) is 20.9. The summed E-state index contributed by atoms with van der Waals surface area (Å²) in [7, 11) is 0. The van der Waals surface area contributed by atoms with Crippen LogP contribution in [0.15, 0.2) is 102 Å². The number of non-ortho nitro benzene ring substituents is 1. The number of anilines is 2. The first-order valence-corrected chi connectivity index (χ1v) is 12.8. The van der Waals surface area contributed by atoms with Gasteiger partial charge in [-0.05, 0) is 47.5 Å². The molecule has 1 amide bonds. The molecule has 4 heterocycles. The lowest BCUT2D eigenvalue weighted by Crippen LogP contribution is -2.51. The van der Waals surface area contributed by atoms with Gasteiger partial charge in [0.05, 0.1) is 23.1 Å². The van der Waals surface area contributed by atoms with Crippen molar-refractivity contribution in [3.8, 4) is 0 Å². The van der Waals surface area contributed by atoms with Crippen LogP contribution in [0, 0.1) is 16.0 Å². The molecule has 1 saturated heterocycles. The van der Waals surface area contributed by atoms with Crippen molar-refractivity contribution in [2.45, 2.75) is 17.5 Å². The van der Waals surface area contributed by atoms with Crippen molar-refractivity contribution in [1.29, 1.82) is 0 Å². The van der Waals surface area contributed by atoms with Crippen LogP contribution in [0.25, 0.3) is 6.08 Å². The standard InChI is InChI=1S/C31H21N3O6/c35-28(19-11-14-20(15-12-19)34(38)39)27-26(29(36)24-10-5-17-40-24)31(21-7-2-3-8-22(21)32-30(31)37)25-16-13-18-6-1-4-9-23(18)33(25)27/h1-17,25-27H,(H,32,37)/t25-,26+,27+,31-/m1/s1.